The second-order valence-electron chi connectivity index (χ2n) is 3.87. The summed E-state index contributed by atoms with van der Waals surface area (Å²) in [5.74, 6) is 0.928. The molecule has 0 spiro atoms. The molecule has 0 bridgehead atoms. The summed E-state index contributed by atoms with van der Waals surface area (Å²) in [7, 11) is -3.10. The fraction of sp³-hybridized carbons (Fsp3) is 0.778. The van der Waals surface area contributed by atoms with Crippen molar-refractivity contribution < 1.29 is 8.42 Å². The summed E-state index contributed by atoms with van der Waals surface area (Å²) in [6, 6.07) is 0. The van der Waals surface area contributed by atoms with Crippen molar-refractivity contribution >= 4 is 22.2 Å². The fourth-order valence-corrected chi connectivity index (χ4v) is 2.25. The number of aryl methyl sites for hydroxylation is 1. The maximum absolute atomic E-state index is 10.9. The molecule has 98 valence electrons. The Balaban J connectivity index is 2.51. The van der Waals surface area contributed by atoms with E-state index >= 15 is 0 Å². The first-order valence-corrected chi connectivity index (χ1v) is 7.82. The van der Waals surface area contributed by atoms with Gasteiger partial charge >= 0.3 is 0 Å². The second kappa shape index (κ2) is 6.27. The van der Waals surface area contributed by atoms with Gasteiger partial charge in [-0.05, 0) is 25.1 Å². The number of sulfonamides is 1. The lowest BCUT2D eigenvalue weighted by Gasteiger charge is -2.06. The highest BCUT2D eigenvalue weighted by atomic mass is 32.2. The average molecular weight is 278 g/mol. The van der Waals surface area contributed by atoms with E-state index in [4.69, 9.17) is 12.2 Å². The van der Waals surface area contributed by atoms with E-state index in [1.807, 2.05) is 4.57 Å². The number of hydrogen-bond donors (Lipinski definition) is 2. The van der Waals surface area contributed by atoms with Gasteiger partial charge in [-0.2, -0.15) is 5.10 Å². The lowest BCUT2D eigenvalue weighted by Crippen LogP contribution is -2.24. The predicted molar refractivity (Wildman–Crippen MR) is 68.9 cm³/mol. The molecule has 0 aliphatic carbocycles. The molecule has 0 atom stereocenters. The van der Waals surface area contributed by atoms with Gasteiger partial charge in [0.05, 0.1) is 6.26 Å². The molecule has 0 radical (unpaired) electrons. The topological polar surface area (TPSA) is 79.8 Å². The van der Waals surface area contributed by atoms with Crippen LogP contribution in [0.5, 0.6) is 0 Å². The van der Waals surface area contributed by atoms with Crippen LogP contribution in [0.3, 0.4) is 0 Å². The van der Waals surface area contributed by atoms with Crippen LogP contribution >= 0.6 is 12.2 Å². The first-order chi connectivity index (χ1) is 7.94. The van der Waals surface area contributed by atoms with Crippen molar-refractivity contribution in [3.8, 4) is 0 Å². The minimum absolute atomic E-state index is 0.414. The Morgan fingerprint density at radius 3 is 2.82 bits per heavy atom. The lowest BCUT2D eigenvalue weighted by atomic mass is 10.3. The molecular weight excluding hydrogens is 260 g/mol. The molecule has 1 aromatic heterocycles. The third-order valence-electron chi connectivity index (χ3n) is 2.23. The number of nitrogens with zero attached hydrogens (tertiary/aromatic N) is 2. The van der Waals surface area contributed by atoms with E-state index in [9.17, 15) is 8.42 Å². The number of aromatic amines is 1. The van der Waals surface area contributed by atoms with Crippen LogP contribution in [0.15, 0.2) is 0 Å². The molecule has 17 heavy (non-hydrogen) atoms. The van der Waals surface area contributed by atoms with Gasteiger partial charge < -0.3 is 4.57 Å². The number of hydrogen-bond acceptors (Lipinski definition) is 4. The summed E-state index contributed by atoms with van der Waals surface area (Å²) >= 11 is 5.12. The zero-order chi connectivity index (χ0) is 12.9. The molecule has 0 saturated carbocycles. The molecule has 8 heteroatoms. The highest BCUT2D eigenvalue weighted by molar-refractivity contribution is 7.88. The van der Waals surface area contributed by atoms with Gasteiger partial charge in [0.25, 0.3) is 0 Å². The number of rotatable bonds is 7. The van der Waals surface area contributed by atoms with Crippen LogP contribution in [0.1, 0.15) is 25.6 Å². The Hall–Kier alpha value is -0.730. The Morgan fingerprint density at radius 2 is 2.24 bits per heavy atom. The molecule has 6 nitrogen and oxygen atoms in total. The first kappa shape index (κ1) is 14.3. The van der Waals surface area contributed by atoms with Crippen molar-refractivity contribution in [2.45, 2.75) is 32.7 Å². The molecule has 0 amide bonds. The number of nitrogens with one attached hydrogen (secondary N) is 2. The summed E-state index contributed by atoms with van der Waals surface area (Å²) < 4.78 is 26.7. The van der Waals surface area contributed by atoms with Gasteiger partial charge in [0, 0.05) is 19.5 Å². The third-order valence-corrected chi connectivity index (χ3v) is 3.27. The fourth-order valence-electron chi connectivity index (χ4n) is 1.49. The minimum Gasteiger partial charge on any atom is -0.304 e. The molecule has 0 aliphatic rings. The van der Waals surface area contributed by atoms with Gasteiger partial charge in [-0.25, -0.2) is 13.1 Å². The minimum atomic E-state index is -3.10. The van der Waals surface area contributed by atoms with Crippen molar-refractivity contribution in [1.82, 2.24) is 19.5 Å². The van der Waals surface area contributed by atoms with Crippen molar-refractivity contribution in [3.05, 3.63) is 10.6 Å². The highest BCUT2D eigenvalue weighted by Gasteiger charge is 2.05. The Kier molecular flexibility index (Phi) is 5.29. The van der Waals surface area contributed by atoms with Gasteiger partial charge in [-0.3, -0.25) is 5.10 Å². The number of H-pyrrole nitrogens is 1. The number of aromatic nitrogens is 3. The Labute approximate surface area is 106 Å². The van der Waals surface area contributed by atoms with E-state index in [0.29, 0.717) is 24.3 Å². The summed E-state index contributed by atoms with van der Waals surface area (Å²) in [6.45, 7) is 3.16. The van der Waals surface area contributed by atoms with Crippen LogP contribution in [0.4, 0.5) is 0 Å². The molecule has 2 N–H and O–H groups in total. The molecule has 0 fully saturated rings. The molecule has 0 saturated heterocycles. The summed E-state index contributed by atoms with van der Waals surface area (Å²) in [4.78, 5) is 0. The lowest BCUT2D eigenvalue weighted by molar-refractivity contribution is 0.566. The normalized spacial score (nSPS) is 11.9. The van der Waals surface area contributed by atoms with E-state index in [1.165, 1.54) is 0 Å². The maximum Gasteiger partial charge on any atom is 0.208 e. The molecule has 0 aromatic carbocycles. The highest BCUT2D eigenvalue weighted by Crippen LogP contribution is 2.02. The van der Waals surface area contributed by atoms with Crippen LogP contribution in [0.25, 0.3) is 0 Å². The molecule has 0 aliphatic heterocycles. The van der Waals surface area contributed by atoms with Gasteiger partial charge in [0.15, 0.2) is 4.77 Å². The maximum atomic E-state index is 10.9. The van der Waals surface area contributed by atoms with E-state index in [-0.39, 0.29) is 0 Å². The molecular formula is C9H18N4O2S2. The largest absolute Gasteiger partial charge is 0.304 e. The van der Waals surface area contributed by atoms with Gasteiger partial charge in [0.2, 0.25) is 10.0 Å². The zero-order valence-corrected chi connectivity index (χ0v) is 11.7. The van der Waals surface area contributed by atoms with Gasteiger partial charge in [-0.15, -0.1) is 0 Å². The van der Waals surface area contributed by atoms with E-state index < -0.39 is 10.0 Å². The zero-order valence-electron chi connectivity index (χ0n) is 10.1. The molecule has 0 unspecified atom stereocenters. The quantitative estimate of drug-likeness (QED) is 0.572. The van der Waals surface area contributed by atoms with Crippen LogP contribution in [0, 0.1) is 4.77 Å². The van der Waals surface area contributed by atoms with Crippen molar-refractivity contribution in [2.75, 3.05) is 12.8 Å². The summed E-state index contributed by atoms with van der Waals surface area (Å²) in [6.07, 6.45) is 3.71. The first-order valence-electron chi connectivity index (χ1n) is 5.52. The predicted octanol–water partition coefficient (Wildman–Crippen LogP) is 0.832. The van der Waals surface area contributed by atoms with E-state index in [2.05, 4.69) is 21.8 Å². The van der Waals surface area contributed by atoms with Gasteiger partial charge in [0.1, 0.15) is 5.82 Å². The standard InChI is InChI=1S/C9H18N4O2S2/c1-3-5-8-11-12-9(16)13(8)7-4-6-10-17(2,14)15/h10H,3-7H2,1-2H3,(H,12,16). The van der Waals surface area contributed by atoms with Crippen LogP contribution in [-0.4, -0.2) is 36.0 Å². The molecule has 1 aromatic rings. The summed E-state index contributed by atoms with van der Waals surface area (Å²) in [5.41, 5.74) is 0. The monoisotopic (exact) mass is 278 g/mol. The average Bonchev–Trinajstić information content (AvgIpc) is 2.55. The Morgan fingerprint density at radius 1 is 1.53 bits per heavy atom. The van der Waals surface area contributed by atoms with Crippen molar-refractivity contribution in [2.24, 2.45) is 0 Å². The van der Waals surface area contributed by atoms with E-state index in [1.54, 1.807) is 0 Å². The van der Waals surface area contributed by atoms with Crippen LogP contribution in [-0.2, 0) is 23.0 Å². The SMILES string of the molecule is CCCc1n[nH]c(=S)n1CCCNS(C)(=O)=O. The van der Waals surface area contributed by atoms with Crippen molar-refractivity contribution in [3.63, 3.8) is 0 Å². The smallest absolute Gasteiger partial charge is 0.208 e. The summed E-state index contributed by atoms with van der Waals surface area (Å²) in [5, 5.41) is 6.90. The molecule has 1 heterocycles. The van der Waals surface area contributed by atoms with Crippen LogP contribution < -0.4 is 4.72 Å². The molecule has 1 rings (SSSR count). The van der Waals surface area contributed by atoms with Crippen LogP contribution in [0.2, 0.25) is 0 Å². The second-order valence-corrected chi connectivity index (χ2v) is 6.09. The van der Waals surface area contributed by atoms with Gasteiger partial charge in [-0.1, -0.05) is 6.92 Å². The van der Waals surface area contributed by atoms with E-state index in [0.717, 1.165) is 24.9 Å². The third kappa shape index (κ3) is 4.97. The Bertz CT molecular complexity index is 503. The van der Waals surface area contributed by atoms with Crippen molar-refractivity contribution in [1.29, 1.82) is 0 Å².